The first kappa shape index (κ1) is 23.2. The molecular formula is C27H29N3O4S. The molecule has 5 rings (SSSR count). The number of piperazine rings is 1. The van der Waals surface area contributed by atoms with E-state index in [2.05, 4.69) is 4.90 Å². The minimum absolute atomic E-state index is 0.138. The van der Waals surface area contributed by atoms with Gasteiger partial charge in [0, 0.05) is 37.8 Å². The lowest BCUT2D eigenvalue weighted by Gasteiger charge is -2.36. The number of nitrogens with zero attached hydrogens (tertiary/aromatic N) is 3. The van der Waals surface area contributed by atoms with Gasteiger partial charge in [-0.15, -0.1) is 0 Å². The Bertz CT molecular complexity index is 1350. The van der Waals surface area contributed by atoms with Crippen molar-refractivity contribution in [3.05, 3.63) is 83.9 Å². The van der Waals surface area contributed by atoms with Gasteiger partial charge in [0.25, 0.3) is 15.9 Å². The number of para-hydroxylation sites is 3. The van der Waals surface area contributed by atoms with E-state index in [0.29, 0.717) is 43.9 Å². The molecule has 0 aromatic heterocycles. The molecule has 7 nitrogen and oxygen atoms in total. The molecule has 1 fully saturated rings. The SMILES string of the molecule is COc1ccccc1N1CCN(C(=O)c2cccc(S(=O)(=O)N3c4ccccc4C[C@H]3C)c2)CC1. The number of hydrogen-bond acceptors (Lipinski definition) is 5. The molecule has 0 spiro atoms. The highest BCUT2D eigenvalue weighted by molar-refractivity contribution is 7.92. The van der Waals surface area contributed by atoms with Crippen molar-refractivity contribution in [1.82, 2.24) is 4.90 Å². The molecule has 182 valence electrons. The molecule has 0 saturated carbocycles. The van der Waals surface area contributed by atoms with Crippen LogP contribution in [0.2, 0.25) is 0 Å². The number of fused-ring (bicyclic) bond motifs is 1. The Morgan fingerprint density at radius 3 is 2.31 bits per heavy atom. The fraction of sp³-hybridized carbons (Fsp3) is 0.296. The zero-order valence-electron chi connectivity index (χ0n) is 19.9. The minimum Gasteiger partial charge on any atom is -0.495 e. The quantitative estimate of drug-likeness (QED) is 0.543. The molecule has 3 aromatic carbocycles. The van der Waals surface area contributed by atoms with Gasteiger partial charge in [0.2, 0.25) is 0 Å². The van der Waals surface area contributed by atoms with Crippen molar-refractivity contribution in [3.63, 3.8) is 0 Å². The van der Waals surface area contributed by atoms with Crippen molar-refractivity contribution in [2.24, 2.45) is 0 Å². The van der Waals surface area contributed by atoms with Crippen molar-refractivity contribution >= 4 is 27.3 Å². The zero-order valence-corrected chi connectivity index (χ0v) is 20.7. The molecule has 0 radical (unpaired) electrons. The standard InChI is InChI=1S/C27H29N3O4S/c1-20-18-21-8-3-4-11-24(21)30(20)35(32,33)23-10-7-9-22(19-23)27(31)29-16-14-28(15-17-29)25-12-5-6-13-26(25)34-2/h3-13,19-20H,14-18H2,1-2H3/t20-/m1/s1. The number of methoxy groups -OCH3 is 1. The number of carbonyl (C=O) groups is 1. The Kier molecular flexibility index (Phi) is 6.15. The normalized spacial score (nSPS) is 17.9. The molecule has 0 bridgehead atoms. The second-order valence-electron chi connectivity index (χ2n) is 8.96. The van der Waals surface area contributed by atoms with Crippen LogP contribution in [0, 0.1) is 0 Å². The Morgan fingerprint density at radius 1 is 0.886 bits per heavy atom. The van der Waals surface area contributed by atoms with Crippen LogP contribution < -0.4 is 13.9 Å². The van der Waals surface area contributed by atoms with Crippen LogP contribution in [0.25, 0.3) is 0 Å². The highest BCUT2D eigenvalue weighted by atomic mass is 32.2. The van der Waals surface area contributed by atoms with E-state index in [4.69, 9.17) is 4.74 Å². The van der Waals surface area contributed by atoms with Crippen LogP contribution in [0.5, 0.6) is 5.75 Å². The first-order valence-corrected chi connectivity index (χ1v) is 13.2. The fourth-order valence-corrected chi connectivity index (χ4v) is 6.77. The molecule has 2 aliphatic heterocycles. The summed E-state index contributed by atoms with van der Waals surface area (Å²) in [7, 11) is -2.15. The molecule has 0 aliphatic carbocycles. The van der Waals surface area contributed by atoms with Gasteiger partial charge in [-0.3, -0.25) is 9.10 Å². The topological polar surface area (TPSA) is 70.2 Å². The van der Waals surface area contributed by atoms with Gasteiger partial charge in [-0.25, -0.2) is 8.42 Å². The van der Waals surface area contributed by atoms with E-state index in [1.165, 1.54) is 10.4 Å². The van der Waals surface area contributed by atoms with Crippen LogP contribution in [0.15, 0.2) is 77.7 Å². The van der Waals surface area contributed by atoms with Crippen LogP contribution in [0.1, 0.15) is 22.8 Å². The summed E-state index contributed by atoms with van der Waals surface area (Å²) in [4.78, 5) is 17.4. The van der Waals surface area contributed by atoms with E-state index in [1.54, 1.807) is 30.2 Å². The zero-order chi connectivity index (χ0) is 24.6. The highest BCUT2D eigenvalue weighted by Crippen LogP contribution is 2.36. The van der Waals surface area contributed by atoms with Crippen LogP contribution in [0.4, 0.5) is 11.4 Å². The van der Waals surface area contributed by atoms with E-state index in [0.717, 1.165) is 17.0 Å². The van der Waals surface area contributed by atoms with Crippen LogP contribution in [0.3, 0.4) is 0 Å². The summed E-state index contributed by atoms with van der Waals surface area (Å²) in [5.41, 5.74) is 3.13. The predicted octanol–water partition coefficient (Wildman–Crippen LogP) is 3.80. The largest absolute Gasteiger partial charge is 0.495 e. The average molecular weight is 492 g/mol. The molecule has 0 unspecified atom stereocenters. The molecule has 8 heteroatoms. The first-order chi connectivity index (χ1) is 16.9. The number of rotatable bonds is 5. The monoisotopic (exact) mass is 491 g/mol. The van der Waals surface area contributed by atoms with E-state index >= 15 is 0 Å². The summed E-state index contributed by atoms with van der Waals surface area (Å²) in [6, 6.07) is 21.7. The summed E-state index contributed by atoms with van der Waals surface area (Å²) < 4.78 is 34.2. The highest BCUT2D eigenvalue weighted by Gasteiger charge is 2.36. The molecule has 3 aromatic rings. The maximum atomic E-state index is 13.6. The van der Waals surface area contributed by atoms with Gasteiger partial charge in [-0.1, -0.05) is 36.4 Å². The Hall–Kier alpha value is -3.52. The van der Waals surface area contributed by atoms with Gasteiger partial charge in [0.15, 0.2) is 0 Å². The summed E-state index contributed by atoms with van der Waals surface area (Å²) in [6.07, 6.45) is 0.671. The van der Waals surface area contributed by atoms with E-state index in [1.807, 2.05) is 55.5 Å². The summed E-state index contributed by atoms with van der Waals surface area (Å²) in [6.45, 7) is 4.35. The van der Waals surface area contributed by atoms with E-state index in [-0.39, 0.29) is 16.8 Å². The Morgan fingerprint density at radius 2 is 1.57 bits per heavy atom. The second kappa shape index (κ2) is 9.26. The number of carbonyl (C=O) groups excluding carboxylic acids is 1. The molecule has 1 amide bonds. The van der Waals surface area contributed by atoms with Gasteiger partial charge in [0.05, 0.1) is 23.4 Å². The lowest BCUT2D eigenvalue weighted by Crippen LogP contribution is -2.48. The second-order valence-corrected chi connectivity index (χ2v) is 10.8. The lowest BCUT2D eigenvalue weighted by molar-refractivity contribution is 0.0746. The Labute approximate surface area is 206 Å². The number of ether oxygens (including phenoxy) is 1. The van der Waals surface area contributed by atoms with E-state index < -0.39 is 10.0 Å². The maximum absolute atomic E-state index is 13.6. The molecule has 2 heterocycles. The smallest absolute Gasteiger partial charge is 0.264 e. The van der Waals surface area contributed by atoms with Gasteiger partial charge >= 0.3 is 0 Å². The number of sulfonamides is 1. The van der Waals surface area contributed by atoms with Crippen LogP contribution in [-0.2, 0) is 16.4 Å². The number of hydrogen-bond donors (Lipinski definition) is 0. The van der Waals surface area contributed by atoms with Crippen molar-refractivity contribution in [3.8, 4) is 5.75 Å². The summed E-state index contributed by atoms with van der Waals surface area (Å²) in [5, 5.41) is 0. The molecule has 0 N–H and O–H groups in total. The van der Waals surface area contributed by atoms with Crippen molar-refractivity contribution < 1.29 is 17.9 Å². The molecule has 2 aliphatic rings. The average Bonchev–Trinajstić information content (AvgIpc) is 3.24. The van der Waals surface area contributed by atoms with Gasteiger partial charge in [0.1, 0.15) is 5.75 Å². The number of benzene rings is 3. The van der Waals surface area contributed by atoms with Crippen molar-refractivity contribution in [2.75, 3.05) is 42.5 Å². The number of anilines is 2. The molecule has 35 heavy (non-hydrogen) atoms. The third-order valence-electron chi connectivity index (χ3n) is 6.78. The summed E-state index contributed by atoms with van der Waals surface area (Å²) >= 11 is 0. The van der Waals surface area contributed by atoms with E-state index in [9.17, 15) is 13.2 Å². The third-order valence-corrected chi connectivity index (χ3v) is 8.70. The summed E-state index contributed by atoms with van der Waals surface area (Å²) in [5.74, 6) is 0.652. The molecular weight excluding hydrogens is 462 g/mol. The van der Waals surface area contributed by atoms with Crippen LogP contribution >= 0.6 is 0 Å². The first-order valence-electron chi connectivity index (χ1n) is 11.8. The lowest BCUT2D eigenvalue weighted by atomic mass is 10.1. The minimum atomic E-state index is -3.80. The van der Waals surface area contributed by atoms with Crippen molar-refractivity contribution in [2.45, 2.75) is 24.3 Å². The number of amides is 1. The molecule has 1 saturated heterocycles. The van der Waals surface area contributed by atoms with Crippen LogP contribution in [-0.4, -0.2) is 58.6 Å². The van der Waals surface area contributed by atoms with Crippen molar-refractivity contribution in [1.29, 1.82) is 0 Å². The maximum Gasteiger partial charge on any atom is 0.264 e. The van der Waals surface area contributed by atoms with Gasteiger partial charge in [-0.05, 0) is 55.3 Å². The fourth-order valence-electron chi connectivity index (χ4n) is 5.03. The molecule has 1 atom stereocenters. The third kappa shape index (κ3) is 4.23. The predicted molar refractivity (Wildman–Crippen MR) is 137 cm³/mol. The Balaban J connectivity index is 1.34. The van der Waals surface area contributed by atoms with Gasteiger partial charge in [-0.2, -0.15) is 0 Å². The van der Waals surface area contributed by atoms with Gasteiger partial charge < -0.3 is 14.5 Å².